The molecule has 106 valence electrons. The molecule has 0 fully saturated rings. The summed E-state index contributed by atoms with van der Waals surface area (Å²) in [5.41, 5.74) is 0.942. The quantitative estimate of drug-likeness (QED) is 0.745. The van der Waals surface area contributed by atoms with Crippen molar-refractivity contribution in [1.82, 2.24) is 10.6 Å². The van der Waals surface area contributed by atoms with Crippen LogP contribution in [0.1, 0.15) is 38.8 Å². The van der Waals surface area contributed by atoms with Crippen molar-refractivity contribution in [2.24, 2.45) is 5.92 Å². The fourth-order valence-corrected chi connectivity index (χ4v) is 1.86. The molecule has 2 N–H and O–H groups in total. The van der Waals surface area contributed by atoms with E-state index in [2.05, 4.69) is 17.6 Å². The number of halogens is 1. The molecule has 0 radical (unpaired) electrons. The van der Waals surface area contributed by atoms with Gasteiger partial charge in [-0.25, -0.2) is 4.39 Å². The molecule has 19 heavy (non-hydrogen) atoms. The van der Waals surface area contributed by atoms with Crippen LogP contribution in [0.4, 0.5) is 4.39 Å². The van der Waals surface area contributed by atoms with Gasteiger partial charge in [0.1, 0.15) is 5.82 Å². The first kappa shape index (κ1) is 15.6. The van der Waals surface area contributed by atoms with E-state index in [0.717, 1.165) is 12.0 Å². The van der Waals surface area contributed by atoms with Crippen LogP contribution in [0.3, 0.4) is 0 Å². The van der Waals surface area contributed by atoms with Gasteiger partial charge in [0.25, 0.3) is 0 Å². The van der Waals surface area contributed by atoms with Crippen LogP contribution in [0.15, 0.2) is 24.3 Å². The number of hydrogen-bond donors (Lipinski definition) is 2. The third-order valence-electron chi connectivity index (χ3n) is 3.00. The Morgan fingerprint density at radius 1 is 1.32 bits per heavy atom. The lowest BCUT2D eigenvalue weighted by Crippen LogP contribution is -2.35. The first-order chi connectivity index (χ1) is 9.04. The van der Waals surface area contributed by atoms with E-state index in [1.807, 2.05) is 19.9 Å². The minimum Gasteiger partial charge on any atom is -0.355 e. The molecule has 0 bridgehead atoms. The SMILES string of the molecule is CCC(NCCNC(=O)C(C)C)c1cccc(F)c1. The van der Waals surface area contributed by atoms with E-state index in [4.69, 9.17) is 0 Å². The van der Waals surface area contributed by atoms with Crippen LogP contribution in [0.2, 0.25) is 0 Å². The molecule has 0 spiro atoms. The number of carbonyl (C=O) groups is 1. The second-order valence-electron chi connectivity index (χ2n) is 4.92. The second kappa shape index (κ2) is 7.89. The molecule has 1 aromatic carbocycles. The van der Waals surface area contributed by atoms with Crippen molar-refractivity contribution in [3.05, 3.63) is 35.6 Å². The summed E-state index contributed by atoms with van der Waals surface area (Å²) in [5, 5.41) is 6.17. The van der Waals surface area contributed by atoms with Crippen molar-refractivity contribution in [2.75, 3.05) is 13.1 Å². The van der Waals surface area contributed by atoms with Gasteiger partial charge in [-0.05, 0) is 24.1 Å². The fourth-order valence-electron chi connectivity index (χ4n) is 1.86. The molecule has 4 heteroatoms. The van der Waals surface area contributed by atoms with E-state index in [-0.39, 0.29) is 23.7 Å². The largest absolute Gasteiger partial charge is 0.355 e. The minimum atomic E-state index is -0.217. The monoisotopic (exact) mass is 266 g/mol. The summed E-state index contributed by atoms with van der Waals surface area (Å²) in [5.74, 6) is -0.156. The standard InChI is InChI=1S/C15H23FN2O/c1-4-14(12-6-5-7-13(16)10-12)17-8-9-18-15(19)11(2)3/h5-7,10-11,14,17H,4,8-9H2,1-3H3,(H,18,19). The Morgan fingerprint density at radius 3 is 2.63 bits per heavy atom. The van der Waals surface area contributed by atoms with E-state index >= 15 is 0 Å². The maximum atomic E-state index is 13.2. The summed E-state index contributed by atoms with van der Waals surface area (Å²) in [7, 11) is 0. The van der Waals surface area contributed by atoms with Crippen LogP contribution in [-0.2, 0) is 4.79 Å². The summed E-state index contributed by atoms with van der Waals surface area (Å²) >= 11 is 0. The van der Waals surface area contributed by atoms with Crippen LogP contribution in [0.25, 0.3) is 0 Å². The van der Waals surface area contributed by atoms with E-state index in [0.29, 0.717) is 13.1 Å². The normalized spacial score (nSPS) is 12.5. The van der Waals surface area contributed by atoms with Gasteiger partial charge in [-0.15, -0.1) is 0 Å². The summed E-state index contributed by atoms with van der Waals surface area (Å²) in [6.07, 6.45) is 0.877. The predicted molar refractivity (Wildman–Crippen MR) is 75.3 cm³/mol. The van der Waals surface area contributed by atoms with Crippen molar-refractivity contribution in [2.45, 2.75) is 33.2 Å². The Kier molecular flexibility index (Phi) is 6.50. The van der Waals surface area contributed by atoms with Gasteiger partial charge in [0.05, 0.1) is 0 Å². The molecule has 0 aliphatic carbocycles. The summed E-state index contributed by atoms with van der Waals surface area (Å²) in [4.78, 5) is 11.4. The Balaban J connectivity index is 2.39. The maximum Gasteiger partial charge on any atom is 0.222 e. The van der Waals surface area contributed by atoms with Crippen molar-refractivity contribution < 1.29 is 9.18 Å². The molecule has 1 amide bonds. The molecule has 1 atom stereocenters. The zero-order valence-corrected chi connectivity index (χ0v) is 11.9. The highest BCUT2D eigenvalue weighted by molar-refractivity contribution is 5.77. The zero-order chi connectivity index (χ0) is 14.3. The molecule has 0 aliphatic heterocycles. The number of carbonyl (C=O) groups excluding carboxylic acids is 1. The van der Waals surface area contributed by atoms with Gasteiger partial charge in [-0.3, -0.25) is 4.79 Å². The van der Waals surface area contributed by atoms with Gasteiger partial charge >= 0.3 is 0 Å². The molecule has 3 nitrogen and oxygen atoms in total. The molecular formula is C15H23FN2O. The molecule has 1 aromatic rings. The lowest BCUT2D eigenvalue weighted by Gasteiger charge is -2.18. The van der Waals surface area contributed by atoms with Crippen molar-refractivity contribution in [3.8, 4) is 0 Å². The number of benzene rings is 1. The Morgan fingerprint density at radius 2 is 2.05 bits per heavy atom. The molecule has 1 unspecified atom stereocenters. The number of amides is 1. The van der Waals surface area contributed by atoms with Crippen LogP contribution in [-0.4, -0.2) is 19.0 Å². The molecule has 0 aliphatic rings. The third kappa shape index (κ3) is 5.39. The van der Waals surface area contributed by atoms with Crippen LogP contribution < -0.4 is 10.6 Å². The van der Waals surface area contributed by atoms with Crippen LogP contribution in [0.5, 0.6) is 0 Å². The molecular weight excluding hydrogens is 243 g/mol. The van der Waals surface area contributed by atoms with Gasteiger partial charge in [-0.2, -0.15) is 0 Å². The Bertz CT molecular complexity index is 407. The van der Waals surface area contributed by atoms with Gasteiger partial charge in [0.2, 0.25) is 5.91 Å². The van der Waals surface area contributed by atoms with E-state index in [1.165, 1.54) is 6.07 Å². The van der Waals surface area contributed by atoms with E-state index < -0.39 is 0 Å². The average molecular weight is 266 g/mol. The van der Waals surface area contributed by atoms with Crippen molar-refractivity contribution >= 4 is 5.91 Å². The van der Waals surface area contributed by atoms with E-state index in [9.17, 15) is 9.18 Å². The summed E-state index contributed by atoms with van der Waals surface area (Å²) in [6, 6.07) is 6.74. The Labute approximate surface area is 114 Å². The van der Waals surface area contributed by atoms with Gasteiger partial charge in [-0.1, -0.05) is 32.9 Å². The first-order valence-electron chi connectivity index (χ1n) is 6.81. The topological polar surface area (TPSA) is 41.1 Å². The highest BCUT2D eigenvalue weighted by atomic mass is 19.1. The highest BCUT2D eigenvalue weighted by Gasteiger charge is 2.10. The van der Waals surface area contributed by atoms with Gasteiger partial charge < -0.3 is 10.6 Å². The number of hydrogen-bond acceptors (Lipinski definition) is 2. The average Bonchev–Trinajstić information content (AvgIpc) is 2.38. The van der Waals surface area contributed by atoms with Crippen LogP contribution >= 0.6 is 0 Å². The molecule has 1 rings (SSSR count). The second-order valence-corrected chi connectivity index (χ2v) is 4.92. The third-order valence-corrected chi connectivity index (χ3v) is 3.00. The van der Waals surface area contributed by atoms with E-state index in [1.54, 1.807) is 12.1 Å². The van der Waals surface area contributed by atoms with Crippen LogP contribution in [0, 0.1) is 11.7 Å². The predicted octanol–water partition coefficient (Wildman–Crippen LogP) is 2.64. The lowest BCUT2D eigenvalue weighted by molar-refractivity contribution is -0.123. The Hall–Kier alpha value is -1.42. The fraction of sp³-hybridized carbons (Fsp3) is 0.533. The van der Waals surface area contributed by atoms with Crippen molar-refractivity contribution in [3.63, 3.8) is 0 Å². The maximum absolute atomic E-state index is 13.2. The smallest absolute Gasteiger partial charge is 0.222 e. The highest BCUT2D eigenvalue weighted by Crippen LogP contribution is 2.16. The molecule has 0 heterocycles. The first-order valence-corrected chi connectivity index (χ1v) is 6.81. The summed E-state index contributed by atoms with van der Waals surface area (Å²) < 4.78 is 13.2. The molecule has 0 saturated carbocycles. The number of rotatable bonds is 7. The number of nitrogens with one attached hydrogen (secondary N) is 2. The van der Waals surface area contributed by atoms with Gasteiger partial charge in [0.15, 0.2) is 0 Å². The lowest BCUT2D eigenvalue weighted by atomic mass is 10.0. The summed E-state index contributed by atoms with van der Waals surface area (Å²) in [6.45, 7) is 7.04. The molecule has 0 saturated heterocycles. The zero-order valence-electron chi connectivity index (χ0n) is 11.9. The minimum absolute atomic E-state index is 0.00481. The van der Waals surface area contributed by atoms with Crippen molar-refractivity contribution in [1.29, 1.82) is 0 Å². The molecule has 0 aromatic heterocycles. The van der Waals surface area contributed by atoms with Gasteiger partial charge in [0, 0.05) is 25.0 Å².